The van der Waals surface area contributed by atoms with Gasteiger partial charge in [0.15, 0.2) is 5.78 Å². The second-order valence-electron chi connectivity index (χ2n) is 8.54. The van der Waals surface area contributed by atoms with Crippen LogP contribution in [0, 0.1) is 0 Å². The molecule has 2 nitrogen and oxygen atoms in total. The highest BCUT2D eigenvalue weighted by molar-refractivity contribution is 5.98. The van der Waals surface area contributed by atoms with Crippen LogP contribution in [-0.2, 0) is 6.42 Å². The van der Waals surface area contributed by atoms with Crippen LogP contribution in [-0.4, -0.2) is 12.4 Å². The monoisotopic (exact) mass is 386 g/mol. The van der Waals surface area contributed by atoms with Gasteiger partial charge < -0.3 is 4.74 Å². The molecule has 0 fully saturated rings. The number of ether oxygens (including phenoxy) is 1. The summed E-state index contributed by atoms with van der Waals surface area (Å²) in [6, 6.07) is 6.00. The van der Waals surface area contributed by atoms with Crippen molar-refractivity contribution in [1.29, 1.82) is 0 Å². The Kier molecular flexibility index (Phi) is 12.0. The SMILES string of the molecule is CCCCCCCCCCCCCCCCOc1ccc2c(c1)CCCC2=O. The Morgan fingerprint density at radius 3 is 1.93 bits per heavy atom. The van der Waals surface area contributed by atoms with Crippen LogP contribution in [0.25, 0.3) is 0 Å². The van der Waals surface area contributed by atoms with E-state index in [1.165, 1.54) is 89.0 Å². The molecule has 2 rings (SSSR count). The molecule has 1 aliphatic rings. The fourth-order valence-corrected chi connectivity index (χ4v) is 4.20. The van der Waals surface area contributed by atoms with Crippen LogP contribution in [0.2, 0.25) is 0 Å². The highest BCUT2D eigenvalue weighted by Gasteiger charge is 2.17. The summed E-state index contributed by atoms with van der Waals surface area (Å²) in [6.45, 7) is 3.08. The van der Waals surface area contributed by atoms with Crippen molar-refractivity contribution in [2.24, 2.45) is 0 Å². The first-order chi connectivity index (χ1) is 13.8. The lowest BCUT2D eigenvalue weighted by molar-refractivity contribution is 0.0972. The number of unbranched alkanes of at least 4 members (excludes halogenated alkanes) is 13. The summed E-state index contributed by atoms with van der Waals surface area (Å²) in [5, 5.41) is 0. The first-order valence-electron chi connectivity index (χ1n) is 12.1. The average Bonchev–Trinajstić information content (AvgIpc) is 2.71. The maximum absolute atomic E-state index is 11.9. The number of fused-ring (bicyclic) bond motifs is 1. The first-order valence-corrected chi connectivity index (χ1v) is 12.1. The van der Waals surface area contributed by atoms with Gasteiger partial charge in [0.05, 0.1) is 6.61 Å². The number of ketones is 1. The molecule has 0 atom stereocenters. The van der Waals surface area contributed by atoms with Gasteiger partial charge in [-0.3, -0.25) is 4.79 Å². The lowest BCUT2D eigenvalue weighted by Crippen LogP contribution is -2.10. The fourth-order valence-electron chi connectivity index (χ4n) is 4.20. The smallest absolute Gasteiger partial charge is 0.163 e. The normalized spacial score (nSPS) is 13.5. The zero-order valence-corrected chi connectivity index (χ0v) is 18.3. The molecule has 0 radical (unpaired) electrons. The summed E-state index contributed by atoms with van der Waals surface area (Å²) in [7, 11) is 0. The quantitative estimate of drug-likeness (QED) is 0.268. The molecule has 1 aromatic carbocycles. The van der Waals surface area contributed by atoms with Crippen LogP contribution >= 0.6 is 0 Å². The predicted molar refractivity (Wildman–Crippen MR) is 120 cm³/mol. The van der Waals surface area contributed by atoms with Gasteiger partial charge >= 0.3 is 0 Å². The van der Waals surface area contributed by atoms with Crippen molar-refractivity contribution in [1.82, 2.24) is 0 Å². The van der Waals surface area contributed by atoms with E-state index in [1.807, 2.05) is 12.1 Å². The summed E-state index contributed by atoms with van der Waals surface area (Å²) in [5.41, 5.74) is 2.09. The molecule has 0 unspecified atom stereocenters. The zero-order valence-electron chi connectivity index (χ0n) is 18.3. The highest BCUT2D eigenvalue weighted by atomic mass is 16.5. The molecule has 28 heavy (non-hydrogen) atoms. The molecule has 1 aliphatic carbocycles. The Labute approximate surface area is 173 Å². The second-order valence-corrected chi connectivity index (χ2v) is 8.54. The van der Waals surface area contributed by atoms with Gasteiger partial charge in [0, 0.05) is 12.0 Å². The van der Waals surface area contributed by atoms with E-state index in [4.69, 9.17) is 4.74 Å². The summed E-state index contributed by atoms with van der Waals surface area (Å²) in [5.74, 6) is 1.22. The number of carbonyl (C=O) groups is 1. The number of Topliss-reactive ketones (excluding diaryl/α,β-unsaturated/α-hetero) is 1. The lowest BCUT2D eigenvalue weighted by atomic mass is 9.90. The Morgan fingerprint density at radius 2 is 1.32 bits per heavy atom. The van der Waals surface area contributed by atoms with Crippen molar-refractivity contribution in [3.8, 4) is 5.75 Å². The van der Waals surface area contributed by atoms with Gasteiger partial charge in [-0.15, -0.1) is 0 Å². The van der Waals surface area contributed by atoms with Crippen molar-refractivity contribution in [3.63, 3.8) is 0 Å². The van der Waals surface area contributed by atoms with E-state index in [2.05, 4.69) is 13.0 Å². The van der Waals surface area contributed by atoms with Crippen LogP contribution in [0.1, 0.15) is 126 Å². The minimum atomic E-state index is 0.291. The highest BCUT2D eigenvalue weighted by Crippen LogP contribution is 2.25. The van der Waals surface area contributed by atoms with E-state index in [-0.39, 0.29) is 0 Å². The van der Waals surface area contributed by atoms with E-state index in [9.17, 15) is 4.79 Å². The molecule has 0 saturated carbocycles. The third kappa shape index (κ3) is 9.26. The Balaban J connectivity index is 1.39. The summed E-state index contributed by atoms with van der Waals surface area (Å²) in [4.78, 5) is 11.9. The van der Waals surface area contributed by atoms with Crippen molar-refractivity contribution in [2.75, 3.05) is 6.61 Å². The predicted octanol–water partition coefficient (Wildman–Crippen LogP) is 8.07. The third-order valence-electron chi connectivity index (χ3n) is 5.99. The third-order valence-corrected chi connectivity index (χ3v) is 5.99. The molecule has 0 amide bonds. The number of hydrogen-bond donors (Lipinski definition) is 0. The average molecular weight is 387 g/mol. The molecular formula is C26H42O2. The van der Waals surface area contributed by atoms with E-state index in [1.54, 1.807) is 0 Å². The van der Waals surface area contributed by atoms with Gasteiger partial charge in [0.1, 0.15) is 5.75 Å². The molecule has 1 aromatic rings. The maximum Gasteiger partial charge on any atom is 0.163 e. The summed E-state index contributed by atoms with van der Waals surface area (Å²) in [6.07, 6.45) is 22.0. The van der Waals surface area contributed by atoms with Gasteiger partial charge in [-0.2, -0.15) is 0 Å². The van der Waals surface area contributed by atoms with Crippen LogP contribution in [0.15, 0.2) is 18.2 Å². The fraction of sp³-hybridized carbons (Fsp3) is 0.731. The molecule has 0 heterocycles. The topological polar surface area (TPSA) is 26.3 Å². The van der Waals surface area contributed by atoms with Crippen LogP contribution in [0.3, 0.4) is 0 Å². The van der Waals surface area contributed by atoms with Gasteiger partial charge in [-0.05, 0) is 43.0 Å². The van der Waals surface area contributed by atoms with Crippen molar-refractivity contribution < 1.29 is 9.53 Å². The molecule has 0 saturated heterocycles. The Morgan fingerprint density at radius 1 is 0.750 bits per heavy atom. The first kappa shape index (κ1) is 23.0. The largest absolute Gasteiger partial charge is 0.494 e. The Bertz CT molecular complexity index is 549. The lowest BCUT2D eigenvalue weighted by Gasteiger charge is -2.16. The second kappa shape index (κ2) is 14.7. The van der Waals surface area contributed by atoms with Crippen LogP contribution < -0.4 is 4.74 Å². The molecule has 0 bridgehead atoms. The maximum atomic E-state index is 11.9. The van der Waals surface area contributed by atoms with E-state index >= 15 is 0 Å². The molecule has 0 aliphatic heterocycles. The molecular weight excluding hydrogens is 344 g/mol. The molecule has 0 N–H and O–H groups in total. The zero-order chi connectivity index (χ0) is 19.9. The van der Waals surface area contributed by atoms with E-state index in [0.717, 1.165) is 37.2 Å². The number of benzene rings is 1. The van der Waals surface area contributed by atoms with Crippen molar-refractivity contribution in [2.45, 2.75) is 116 Å². The van der Waals surface area contributed by atoms with E-state index < -0.39 is 0 Å². The number of hydrogen-bond acceptors (Lipinski definition) is 2. The Hall–Kier alpha value is -1.31. The summed E-state index contributed by atoms with van der Waals surface area (Å²) >= 11 is 0. The van der Waals surface area contributed by atoms with Gasteiger partial charge in [-0.1, -0.05) is 90.4 Å². The number of rotatable bonds is 16. The van der Waals surface area contributed by atoms with E-state index in [0.29, 0.717) is 12.2 Å². The molecule has 0 aromatic heterocycles. The standard InChI is InChI=1S/C26H42O2/c1-2-3-4-5-6-7-8-9-10-11-12-13-14-15-21-28-24-19-20-25-23(22-24)17-16-18-26(25)27/h19-20,22H,2-18,21H2,1H3. The van der Waals surface area contributed by atoms with Gasteiger partial charge in [0.2, 0.25) is 0 Å². The van der Waals surface area contributed by atoms with Gasteiger partial charge in [-0.25, -0.2) is 0 Å². The molecule has 2 heteroatoms. The minimum Gasteiger partial charge on any atom is -0.494 e. The van der Waals surface area contributed by atoms with Gasteiger partial charge in [0.25, 0.3) is 0 Å². The minimum absolute atomic E-state index is 0.291. The number of aryl methyl sites for hydroxylation is 1. The van der Waals surface area contributed by atoms with Crippen molar-refractivity contribution in [3.05, 3.63) is 29.3 Å². The molecule has 0 spiro atoms. The number of carbonyl (C=O) groups excluding carboxylic acids is 1. The molecule has 158 valence electrons. The summed E-state index contributed by atoms with van der Waals surface area (Å²) < 4.78 is 5.90. The van der Waals surface area contributed by atoms with Crippen molar-refractivity contribution >= 4 is 5.78 Å². The van der Waals surface area contributed by atoms with Crippen LogP contribution in [0.5, 0.6) is 5.75 Å². The van der Waals surface area contributed by atoms with Crippen LogP contribution in [0.4, 0.5) is 0 Å².